The summed E-state index contributed by atoms with van der Waals surface area (Å²) in [5, 5.41) is 5.83. The molecule has 3 aromatic rings. The van der Waals surface area contributed by atoms with Crippen molar-refractivity contribution in [3.05, 3.63) is 72.3 Å². The van der Waals surface area contributed by atoms with Crippen LogP contribution in [-0.2, 0) is 4.74 Å². The Labute approximate surface area is 167 Å². The summed E-state index contributed by atoms with van der Waals surface area (Å²) in [7, 11) is 0. The normalized spacial score (nSPS) is 13.8. The van der Waals surface area contributed by atoms with Crippen LogP contribution < -0.4 is 15.5 Å². The van der Waals surface area contributed by atoms with E-state index in [0.717, 1.165) is 24.5 Å². The number of rotatable bonds is 5. The van der Waals surface area contributed by atoms with E-state index in [0.29, 0.717) is 24.8 Å². The van der Waals surface area contributed by atoms with Gasteiger partial charge in [-0.1, -0.05) is 18.2 Å². The Balaban J connectivity index is 1.45. The van der Waals surface area contributed by atoms with Crippen LogP contribution in [0.1, 0.15) is 10.4 Å². The molecule has 0 aliphatic carbocycles. The summed E-state index contributed by atoms with van der Waals surface area (Å²) < 4.78 is 18.7. The minimum absolute atomic E-state index is 0.279. The number of anilines is 4. The number of hydrogen-bond acceptors (Lipinski definition) is 6. The topological polar surface area (TPSA) is 79.4 Å². The number of nitrogens with zero attached hydrogens (tertiary/aromatic N) is 3. The van der Waals surface area contributed by atoms with E-state index < -0.39 is 11.7 Å². The molecule has 0 saturated carbocycles. The van der Waals surface area contributed by atoms with E-state index in [9.17, 15) is 9.18 Å². The summed E-state index contributed by atoms with van der Waals surface area (Å²) in [4.78, 5) is 23.0. The predicted octanol–water partition coefficient (Wildman–Crippen LogP) is 3.45. The standard InChI is InChI=1S/C21H20FN5O2/c22-16-4-3-5-17(12-16)25-20(28)15-13-23-21(24-14-15)26-18-6-1-2-7-19(18)27-8-10-29-11-9-27/h1-7,12-14H,8-11H2,(H,25,28)(H,23,24,26). The van der Waals surface area contributed by atoms with E-state index in [2.05, 4.69) is 25.5 Å². The first-order valence-corrected chi connectivity index (χ1v) is 9.27. The number of hydrogen-bond donors (Lipinski definition) is 2. The first kappa shape index (κ1) is 18.8. The van der Waals surface area contributed by atoms with Crippen LogP contribution in [0, 0.1) is 5.82 Å². The van der Waals surface area contributed by atoms with Gasteiger partial charge in [0.1, 0.15) is 5.82 Å². The van der Waals surface area contributed by atoms with Crippen molar-refractivity contribution in [2.24, 2.45) is 0 Å². The van der Waals surface area contributed by atoms with Crippen molar-refractivity contribution in [2.75, 3.05) is 41.8 Å². The maximum absolute atomic E-state index is 13.3. The molecular formula is C21H20FN5O2. The molecule has 1 aliphatic rings. The Hall–Kier alpha value is -3.52. The van der Waals surface area contributed by atoms with Crippen molar-refractivity contribution in [1.82, 2.24) is 9.97 Å². The van der Waals surface area contributed by atoms with E-state index in [1.807, 2.05) is 24.3 Å². The summed E-state index contributed by atoms with van der Waals surface area (Å²) in [6.07, 6.45) is 2.86. The molecular weight excluding hydrogens is 373 g/mol. The second-order valence-electron chi connectivity index (χ2n) is 6.50. The molecule has 1 aliphatic heterocycles. The van der Waals surface area contributed by atoms with E-state index in [1.54, 1.807) is 6.07 Å². The van der Waals surface area contributed by atoms with Crippen LogP contribution in [-0.4, -0.2) is 42.2 Å². The Bertz CT molecular complexity index is 990. The molecule has 0 radical (unpaired) electrons. The number of carbonyl (C=O) groups is 1. The van der Waals surface area contributed by atoms with Crippen molar-refractivity contribution in [2.45, 2.75) is 0 Å². The van der Waals surface area contributed by atoms with Crippen molar-refractivity contribution in [1.29, 1.82) is 0 Å². The van der Waals surface area contributed by atoms with E-state index >= 15 is 0 Å². The summed E-state index contributed by atoms with van der Waals surface area (Å²) in [5.41, 5.74) is 2.58. The maximum Gasteiger partial charge on any atom is 0.258 e. The molecule has 1 fully saturated rings. The number of nitrogens with one attached hydrogen (secondary N) is 2. The fraction of sp³-hybridized carbons (Fsp3) is 0.190. The molecule has 2 aromatic carbocycles. The monoisotopic (exact) mass is 393 g/mol. The van der Waals surface area contributed by atoms with Gasteiger partial charge in [0.15, 0.2) is 0 Å². The van der Waals surface area contributed by atoms with Gasteiger partial charge in [-0.15, -0.1) is 0 Å². The predicted molar refractivity (Wildman–Crippen MR) is 109 cm³/mol. The van der Waals surface area contributed by atoms with Crippen LogP contribution in [0.25, 0.3) is 0 Å². The van der Waals surface area contributed by atoms with Crippen LogP contribution in [0.2, 0.25) is 0 Å². The first-order valence-electron chi connectivity index (χ1n) is 9.27. The molecule has 148 valence electrons. The molecule has 0 spiro atoms. The van der Waals surface area contributed by atoms with Crippen LogP contribution in [0.3, 0.4) is 0 Å². The molecule has 0 bridgehead atoms. The minimum atomic E-state index is -0.419. The van der Waals surface area contributed by atoms with Crippen LogP contribution in [0.15, 0.2) is 60.9 Å². The quantitative estimate of drug-likeness (QED) is 0.691. The lowest BCUT2D eigenvalue weighted by Gasteiger charge is -2.30. The molecule has 29 heavy (non-hydrogen) atoms. The average molecular weight is 393 g/mol. The van der Waals surface area contributed by atoms with Crippen LogP contribution in [0.5, 0.6) is 0 Å². The van der Waals surface area contributed by atoms with Gasteiger partial charge in [-0.05, 0) is 30.3 Å². The summed E-state index contributed by atoms with van der Waals surface area (Å²) in [6, 6.07) is 13.6. The lowest BCUT2D eigenvalue weighted by Crippen LogP contribution is -2.36. The third-order valence-electron chi connectivity index (χ3n) is 4.50. The first-order chi connectivity index (χ1) is 14.2. The SMILES string of the molecule is O=C(Nc1cccc(F)c1)c1cnc(Nc2ccccc2N2CCOCC2)nc1. The van der Waals surface area contributed by atoms with Gasteiger partial charge in [-0.25, -0.2) is 14.4 Å². The Morgan fingerprint density at radius 2 is 1.79 bits per heavy atom. The number of benzene rings is 2. The van der Waals surface area contributed by atoms with Gasteiger partial charge in [-0.2, -0.15) is 0 Å². The van der Waals surface area contributed by atoms with Crippen LogP contribution >= 0.6 is 0 Å². The number of para-hydroxylation sites is 2. The van der Waals surface area contributed by atoms with Gasteiger partial charge in [0.2, 0.25) is 5.95 Å². The van der Waals surface area contributed by atoms with Crippen molar-refractivity contribution in [3.8, 4) is 0 Å². The second kappa shape index (κ2) is 8.66. The zero-order chi connectivity index (χ0) is 20.1. The highest BCUT2D eigenvalue weighted by Crippen LogP contribution is 2.28. The number of halogens is 1. The second-order valence-corrected chi connectivity index (χ2v) is 6.50. The Morgan fingerprint density at radius 3 is 2.55 bits per heavy atom. The smallest absolute Gasteiger partial charge is 0.258 e. The molecule has 4 rings (SSSR count). The molecule has 1 amide bonds. The molecule has 1 saturated heterocycles. The fourth-order valence-corrected chi connectivity index (χ4v) is 3.06. The maximum atomic E-state index is 13.3. The van der Waals surface area contributed by atoms with E-state index in [4.69, 9.17) is 4.74 Å². The number of morpholine rings is 1. The van der Waals surface area contributed by atoms with Gasteiger partial charge in [0, 0.05) is 31.2 Å². The summed E-state index contributed by atoms with van der Waals surface area (Å²) in [5.74, 6) is -0.443. The number of carbonyl (C=O) groups excluding carboxylic acids is 1. The third-order valence-corrected chi connectivity index (χ3v) is 4.50. The average Bonchev–Trinajstić information content (AvgIpc) is 2.75. The number of ether oxygens (including phenoxy) is 1. The lowest BCUT2D eigenvalue weighted by molar-refractivity contribution is 0.102. The van der Waals surface area contributed by atoms with Crippen molar-refractivity contribution in [3.63, 3.8) is 0 Å². The number of amides is 1. The molecule has 2 N–H and O–H groups in total. The molecule has 2 heterocycles. The Kier molecular flexibility index (Phi) is 5.62. The largest absolute Gasteiger partial charge is 0.378 e. The van der Waals surface area contributed by atoms with Crippen molar-refractivity contribution < 1.29 is 13.9 Å². The fourth-order valence-electron chi connectivity index (χ4n) is 3.06. The van der Waals surface area contributed by atoms with Crippen LogP contribution in [0.4, 0.5) is 27.4 Å². The van der Waals surface area contributed by atoms with Gasteiger partial charge in [0.05, 0.1) is 30.2 Å². The molecule has 7 nitrogen and oxygen atoms in total. The van der Waals surface area contributed by atoms with E-state index in [-0.39, 0.29) is 5.56 Å². The lowest BCUT2D eigenvalue weighted by atomic mass is 10.2. The molecule has 1 aromatic heterocycles. The molecule has 0 atom stereocenters. The minimum Gasteiger partial charge on any atom is -0.378 e. The van der Waals surface area contributed by atoms with Gasteiger partial charge in [-0.3, -0.25) is 4.79 Å². The zero-order valence-electron chi connectivity index (χ0n) is 15.6. The van der Waals surface area contributed by atoms with Gasteiger partial charge < -0.3 is 20.3 Å². The zero-order valence-corrected chi connectivity index (χ0v) is 15.6. The highest BCUT2D eigenvalue weighted by molar-refractivity contribution is 6.03. The summed E-state index contributed by atoms with van der Waals surface area (Å²) >= 11 is 0. The number of aromatic nitrogens is 2. The highest BCUT2D eigenvalue weighted by atomic mass is 19.1. The van der Waals surface area contributed by atoms with Gasteiger partial charge >= 0.3 is 0 Å². The van der Waals surface area contributed by atoms with E-state index in [1.165, 1.54) is 30.6 Å². The summed E-state index contributed by atoms with van der Waals surface area (Å²) in [6.45, 7) is 3.03. The Morgan fingerprint density at radius 1 is 1.03 bits per heavy atom. The molecule has 8 heteroatoms. The van der Waals surface area contributed by atoms with Gasteiger partial charge in [0.25, 0.3) is 5.91 Å². The molecule has 0 unspecified atom stereocenters. The van der Waals surface area contributed by atoms with Crippen molar-refractivity contribution >= 4 is 28.9 Å². The third kappa shape index (κ3) is 4.67. The highest BCUT2D eigenvalue weighted by Gasteiger charge is 2.15.